The highest BCUT2D eigenvalue weighted by molar-refractivity contribution is 7.17. The number of methoxy groups -OCH3 is 2. The second-order valence-corrected chi connectivity index (χ2v) is 9.62. The fraction of sp³-hybridized carbons (Fsp3) is 0.385. The molecule has 1 saturated heterocycles. The molecule has 2 aromatic heterocycles. The Labute approximate surface area is 214 Å². The SMILES string of the molecule is CCOc1ccc([C@@H](c2sc3nc(C)nn3c2O)N2CCN(c3ccc(OC)cc3)CC2)cc1OC. The van der Waals surface area contributed by atoms with Gasteiger partial charge in [-0.2, -0.15) is 4.52 Å². The molecule has 4 aromatic rings. The number of fused-ring (bicyclic) bond motifs is 1. The van der Waals surface area contributed by atoms with Crippen molar-refractivity contribution in [1.82, 2.24) is 19.5 Å². The number of nitrogens with zero attached hydrogens (tertiary/aromatic N) is 5. The Bertz CT molecular complexity index is 1330. The number of ether oxygens (including phenoxy) is 3. The molecule has 0 unspecified atom stereocenters. The molecular weight excluding hydrogens is 478 g/mol. The molecule has 0 spiro atoms. The first-order chi connectivity index (χ1) is 17.5. The van der Waals surface area contributed by atoms with Crippen LogP contribution in [0.25, 0.3) is 4.96 Å². The quantitative estimate of drug-likeness (QED) is 0.380. The largest absolute Gasteiger partial charge is 0.497 e. The molecule has 1 N–H and O–H groups in total. The van der Waals surface area contributed by atoms with Gasteiger partial charge in [0.1, 0.15) is 11.6 Å². The maximum absolute atomic E-state index is 11.2. The Kier molecular flexibility index (Phi) is 6.88. The standard InChI is InChI=1S/C26H31N5O4S/c1-5-35-21-11-6-18(16-22(21)34-4)23(24-25(32)31-26(36-24)27-17(2)28-31)30-14-12-29(13-15-30)19-7-9-20(33-3)10-8-19/h6-11,16,23,32H,5,12-15H2,1-4H3/t23-/m0/s1. The molecule has 1 fully saturated rings. The molecule has 10 heteroatoms. The van der Waals surface area contributed by atoms with Crippen molar-refractivity contribution in [2.45, 2.75) is 19.9 Å². The van der Waals surface area contributed by atoms with Crippen LogP contribution in [0.15, 0.2) is 42.5 Å². The summed E-state index contributed by atoms with van der Waals surface area (Å²) in [7, 11) is 3.32. The second-order valence-electron chi connectivity index (χ2n) is 8.61. The smallest absolute Gasteiger partial charge is 0.230 e. The van der Waals surface area contributed by atoms with Crippen molar-refractivity contribution >= 4 is 22.0 Å². The van der Waals surface area contributed by atoms with E-state index in [4.69, 9.17) is 14.2 Å². The van der Waals surface area contributed by atoms with Crippen LogP contribution in [0.2, 0.25) is 0 Å². The second kappa shape index (κ2) is 10.2. The molecule has 190 valence electrons. The van der Waals surface area contributed by atoms with Crippen molar-refractivity contribution in [2.24, 2.45) is 0 Å². The molecule has 1 atom stereocenters. The van der Waals surface area contributed by atoms with Crippen LogP contribution in [0.1, 0.15) is 29.2 Å². The molecule has 9 nitrogen and oxygen atoms in total. The monoisotopic (exact) mass is 509 g/mol. The fourth-order valence-corrected chi connectivity index (χ4v) is 5.88. The molecule has 0 amide bonds. The van der Waals surface area contributed by atoms with Crippen LogP contribution in [-0.4, -0.2) is 71.6 Å². The Morgan fingerprint density at radius 3 is 2.39 bits per heavy atom. The lowest BCUT2D eigenvalue weighted by atomic mass is 10.0. The predicted octanol–water partition coefficient (Wildman–Crippen LogP) is 4.13. The van der Waals surface area contributed by atoms with Gasteiger partial charge < -0.3 is 24.2 Å². The van der Waals surface area contributed by atoms with Gasteiger partial charge in [0, 0.05) is 31.9 Å². The third kappa shape index (κ3) is 4.54. The van der Waals surface area contributed by atoms with Gasteiger partial charge in [-0.05, 0) is 55.8 Å². The first-order valence-electron chi connectivity index (χ1n) is 12.0. The lowest BCUT2D eigenvalue weighted by Gasteiger charge is -2.40. The van der Waals surface area contributed by atoms with Crippen molar-refractivity contribution < 1.29 is 19.3 Å². The first kappa shape index (κ1) is 24.2. The van der Waals surface area contributed by atoms with Gasteiger partial charge in [-0.25, -0.2) is 4.98 Å². The van der Waals surface area contributed by atoms with E-state index in [2.05, 4.69) is 38.1 Å². The Hall–Kier alpha value is -3.50. The summed E-state index contributed by atoms with van der Waals surface area (Å²) in [6, 6.07) is 14.0. The highest BCUT2D eigenvalue weighted by atomic mass is 32.1. The van der Waals surface area contributed by atoms with Crippen LogP contribution in [0, 0.1) is 6.92 Å². The minimum absolute atomic E-state index is 0.131. The van der Waals surface area contributed by atoms with E-state index in [9.17, 15) is 5.11 Å². The van der Waals surface area contributed by atoms with Crippen molar-refractivity contribution in [3.8, 4) is 23.1 Å². The molecule has 0 saturated carbocycles. The number of benzene rings is 2. The summed E-state index contributed by atoms with van der Waals surface area (Å²) >= 11 is 1.47. The van der Waals surface area contributed by atoms with Crippen molar-refractivity contribution in [3.05, 3.63) is 58.7 Å². The van der Waals surface area contributed by atoms with Gasteiger partial charge in [-0.15, -0.1) is 5.10 Å². The van der Waals surface area contributed by atoms with Crippen LogP contribution >= 0.6 is 11.3 Å². The summed E-state index contributed by atoms with van der Waals surface area (Å²) in [6.07, 6.45) is 0. The van der Waals surface area contributed by atoms with Gasteiger partial charge >= 0.3 is 0 Å². The maximum Gasteiger partial charge on any atom is 0.230 e. The number of anilines is 1. The summed E-state index contributed by atoms with van der Waals surface area (Å²) in [4.78, 5) is 10.7. The van der Waals surface area contributed by atoms with Crippen LogP contribution in [0.5, 0.6) is 23.1 Å². The van der Waals surface area contributed by atoms with Crippen LogP contribution < -0.4 is 19.1 Å². The number of thiazole rings is 1. The Morgan fingerprint density at radius 1 is 1.00 bits per heavy atom. The van der Waals surface area contributed by atoms with Gasteiger partial charge in [0.2, 0.25) is 10.8 Å². The number of aryl methyl sites for hydroxylation is 1. The number of piperazine rings is 1. The van der Waals surface area contributed by atoms with Gasteiger partial charge in [0.25, 0.3) is 0 Å². The number of aromatic hydroxyl groups is 1. The summed E-state index contributed by atoms with van der Waals surface area (Å²) in [5.41, 5.74) is 2.19. The normalized spacial score (nSPS) is 15.3. The fourth-order valence-electron chi connectivity index (χ4n) is 4.71. The Morgan fingerprint density at radius 2 is 1.75 bits per heavy atom. The van der Waals surface area contributed by atoms with E-state index in [0.29, 0.717) is 28.9 Å². The highest BCUT2D eigenvalue weighted by Gasteiger charge is 2.32. The molecular formula is C26H31N5O4S. The topological polar surface area (TPSA) is 84.6 Å². The molecule has 0 radical (unpaired) electrons. The molecule has 0 aliphatic carbocycles. The van der Waals surface area contributed by atoms with Crippen LogP contribution in [0.3, 0.4) is 0 Å². The van der Waals surface area contributed by atoms with E-state index in [0.717, 1.165) is 42.4 Å². The van der Waals surface area contributed by atoms with Gasteiger partial charge in [-0.1, -0.05) is 17.4 Å². The molecule has 1 aliphatic rings. The van der Waals surface area contributed by atoms with E-state index >= 15 is 0 Å². The zero-order valence-corrected chi connectivity index (χ0v) is 21.8. The Balaban J connectivity index is 1.48. The predicted molar refractivity (Wildman–Crippen MR) is 140 cm³/mol. The molecule has 36 heavy (non-hydrogen) atoms. The summed E-state index contributed by atoms with van der Waals surface area (Å²) in [6.45, 7) is 7.69. The van der Waals surface area contributed by atoms with E-state index in [1.54, 1.807) is 14.2 Å². The minimum Gasteiger partial charge on any atom is -0.497 e. The molecule has 1 aliphatic heterocycles. The maximum atomic E-state index is 11.2. The molecule has 0 bridgehead atoms. The summed E-state index contributed by atoms with van der Waals surface area (Å²) in [5.74, 6) is 2.99. The number of aromatic nitrogens is 3. The number of hydrogen-bond donors (Lipinski definition) is 1. The number of rotatable bonds is 8. The van der Waals surface area contributed by atoms with Crippen molar-refractivity contribution in [3.63, 3.8) is 0 Å². The van der Waals surface area contributed by atoms with E-state index < -0.39 is 0 Å². The van der Waals surface area contributed by atoms with E-state index in [1.165, 1.54) is 21.5 Å². The van der Waals surface area contributed by atoms with Gasteiger partial charge in [-0.3, -0.25) is 4.90 Å². The lowest BCUT2D eigenvalue weighted by Crippen LogP contribution is -2.47. The molecule has 3 heterocycles. The van der Waals surface area contributed by atoms with Crippen molar-refractivity contribution in [1.29, 1.82) is 0 Å². The third-order valence-corrected chi connectivity index (χ3v) is 7.55. The van der Waals surface area contributed by atoms with Crippen LogP contribution in [0.4, 0.5) is 5.69 Å². The summed E-state index contributed by atoms with van der Waals surface area (Å²) < 4.78 is 18.2. The van der Waals surface area contributed by atoms with E-state index in [1.807, 2.05) is 38.1 Å². The van der Waals surface area contributed by atoms with Gasteiger partial charge in [0.05, 0.1) is 31.7 Å². The molecule has 2 aromatic carbocycles. The lowest BCUT2D eigenvalue weighted by molar-refractivity contribution is 0.210. The average molecular weight is 510 g/mol. The third-order valence-electron chi connectivity index (χ3n) is 6.47. The van der Waals surface area contributed by atoms with Crippen LogP contribution in [-0.2, 0) is 0 Å². The van der Waals surface area contributed by atoms with Gasteiger partial charge in [0.15, 0.2) is 11.5 Å². The zero-order chi connectivity index (χ0) is 25.2. The zero-order valence-electron chi connectivity index (χ0n) is 21.0. The van der Waals surface area contributed by atoms with E-state index in [-0.39, 0.29) is 11.9 Å². The highest BCUT2D eigenvalue weighted by Crippen LogP contribution is 2.42. The van der Waals surface area contributed by atoms with Crippen molar-refractivity contribution in [2.75, 3.05) is 51.9 Å². The molecule has 5 rings (SSSR count). The summed E-state index contributed by atoms with van der Waals surface area (Å²) in [5, 5.41) is 15.6. The first-order valence-corrected chi connectivity index (χ1v) is 12.8. The number of hydrogen-bond acceptors (Lipinski definition) is 9. The average Bonchev–Trinajstić information content (AvgIpc) is 3.42. The minimum atomic E-state index is -0.179.